The highest BCUT2D eigenvalue weighted by Crippen LogP contribution is 2.33. The zero-order valence-electron chi connectivity index (χ0n) is 14.7. The van der Waals surface area contributed by atoms with Gasteiger partial charge in [-0.1, -0.05) is 13.0 Å². The molecule has 0 spiro atoms. The quantitative estimate of drug-likeness (QED) is 0.502. The normalized spacial score (nSPS) is 11.0. The second kappa shape index (κ2) is 6.64. The molecule has 0 N–H and O–H groups in total. The first-order chi connectivity index (χ1) is 12.7. The number of nitrogens with zero attached hydrogens (tertiary/aromatic N) is 3. The fourth-order valence-electron chi connectivity index (χ4n) is 3.07. The predicted molar refractivity (Wildman–Crippen MR) is 102 cm³/mol. The third-order valence-electron chi connectivity index (χ3n) is 4.56. The van der Waals surface area contributed by atoms with Crippen molar-refractivity contribution in [3.63, 3.8) is 0 Å². The highest BCUT2D eigenvalue weighted by molar-refractivity contribution is 5.87. The number of pyridine rings is 1. The number of rotatable bonds is 3. The molecule has 2 aromatic carbocycles. The fourth-order valence-corrected chi connectivity index (χ4v) is 3.07. The largest absolute Gasteiger partial charge is 0.255 e. The lowest BCUT2D eigenvalue weighted by Crippen LogP contribution is -1.94. The van der Waals surface area contributed by atoms with Gasteiger partial charge in [0, 0.05) is 29.7 Å². The fraction of sp³-hybridized carbons (Fsp3) is 0.136. The molecule has 4 aromatic rings. The van der Waals surface area contributed by atoms with Gasteiger partial charge in [-0.05, 0) is 66.4 Å². The molecule has 0 amide bonds. The predicted octanol–water partition coefficient (Wildman–Crippen LogP) is 5.37. The molecule has 4 heteroatoms. The van der Waals surface area contributed by atoms with Gasteiger partial charge in [0.25, 0.3) is 0 Å². The maximum atomic E-state index is 13.7. The van der Waals surface area contributed by atoms with Crippen LogP contribution in [-0.4, -0.2) is 15.0 Å². The van der Waals surface area contributed by atoms with E-state index in [1.165, 1.54) is 6.07 Å². The van der Waals surface area contributed by atoms with E-state index in [2.05, 4.69) is 27.9 Å². The zero-order valence-corrected chi connectivity index (χ0v) is 14.7. The molecule has 0 bridgehead atoms. The number of halogens is 1. The van der Waals surface area contributed by atoms with Gasteiger partial charge in [-0.3, -0.25) is 15.0 Å². The van der Waals surface area contributed by atoms with Crippen LogP contribution in [0.5, 0.6) is 0 Å². The van der Waals surface area contributed by atoms with E-state index in [0.29, 0.717) is 5.56 Å². The maximum absolute atomic E-state index is 13.7. The van der Waals surface area contributed by atoms with Crippen molar-refractivity contribution in [1.29, 1.82) is 0 Å². The van der Waals surface area contributed by atoms with Crippen LogP contribution in [0.2, 0.25) is 0 Å². The summed E-state index contributed by atoms with van der Waals surface area (Å²) in [4.78, 5) is 13.4. The minimum absolute atomic E-state index is 0.207. The molecule has 26 heavy (non-hydrogen) atoms. The van der Waals surface area contributed by atoms with Crippen molar-refractivity contribution in [3.8, 4) is 22.4 Å². The summed E-state index contributed by atoms with van der Waals surface area (Å²) in [5.41, 5.74) is 7.25. The second-order valence-electron chi connectivity index (χ2n) is 6.32. The molecular weight excluding hydrogens is 325 g/mol. The van der Waals surface area contributed by atoms with E-state index in [9.17, 15) is 4.39 Å². The Labute approximate surface area is 151 Å². The van der Waals surface area contributed by atoms with Gasteiger partial charge in [0.2, 0.25) is 0 Å². The van der Waals surface area contributed by atoms with Crippen LogP contribution in [0.3, 0.4) is 0 Å². The number of aryl methyl sites for hydroxylation is 2. The van der Waals surface area contributed by atoms with Gasteiger partial charge in [-0.15, -0.1) is 0 Å². The third kappa shape index (κ3) is 2.94. The van der Waals surface area contributed by atoms with E-state index in [0.717, 1.165) is 45.4 Å². The summed E-state index contributed by atoms with van der Waals surface area (Å²) < 4.78 is 13.7. The Morgan fingerprint density at radius 1 is 0.846 bits per heavy atom. The molecule has 0 aliphatic heterocycles. The molecule has 0 aliphatic carbocycles. The van der Waals surface area contributed by atoms with Gasteiger partial charge in [-0.25, -0.2) is 4.39 Å². The van der Waals surface area contributed by atoms with Gasteiger partial charge in [0.15, 0.2) is 0 Å². The van der Waals surface area contributed by atoms with E-state index in [4.69, 9.17) is 0 Å². The topological polar surface area (TPSA) is 38.7 Å². The summed E-state index contributed by atoms with van der Waals surface area (Å²) >= 11 is 0. The van der Waals surface area contributed by atoms with Gasteiger partial charge in [0.05, 0.1) is 16.7 Å². The number of hydrogen-bond acceptors (Lipinski definition) is 3. The third-order valence-corrected chi connectivity index (χ3v) is 4.56. The van der Waals surface area contributed by atoms with Gasteiger partial charge in [0.1, 0.15) is 5.82 Å². The summed E-state index contributed by atoms with van der Waals surface area (Å²) in [6, 6.07) is 13.3. The van der Waals surface area contributed by atoms with Gasteiger partial charge < -0.3 is 0 Å². The van der Waals surface area contributed by atoms with Crippen molar-refractivity contribution in [2.45, 2.75) is 20.3 Å². The molecule has 128 valence electrons. The lowest BCUT2D eigenvalue weighted by atomic mass is 9.96. The molecule has 0 radical (unpaired) electrons. The van der Waals surface area contributed by atoms with E-state index in [1.807, 2.05) is 30.5 Å². The van der Waals surface area contributed by atoms with Crippen LogP contribution in [0.25, 0.3) is 33.4 Å². The van der Waals surface area contributed by atoms with Crippen LogP contribution >= 0.6 is 0 Å². The van der Waals surface area contributed by atoms with Crippen molar-refractivity contribution >= 4 is 11.0 Å². The van der Waals surface area contributed by atoms with Crippen LogP contribution in [0.4, 0.5) is 4.39 Å². The SMILES string of the molecule is CCc1cnc(-c2ccc(F)c(C)c2)c(-c2ccc3nccnc3c2)c1. The zero-order chi connectivity index (χ0) is 18.1. The summed E-state index contributed by atoms with van der Waals surface area (Å²) in [5, 5.41) is 0. The molecule has 2 heterocycles. The molecule has 0 fully saturated rings. The highest BCUT2D eigenvalue weighted by atomic mass is 19.1. The summed E-state index contributed by atoms with van der Waals surface area (Å²) in [6.45, 7) is 3.87. The van der Waals surface area contributed by atoms with E-state index in [1.54, 1.807) is 25.4 Å². The van der Waals surface area contributed by atoms with Crippen LogP contribution in [-0.2, 0) is 6.42 Å². The van der Waals surface area contributed by atoms with Crippen molar-refractivity contribution in [2.24, 2.45) is 0 Å². The molecule has 0 saturated heterocycles. The van der Waals surface area contributed by atoms with Crippen molar-refractivity contribution in [2.75, 3.05) is 0 Å². The van der Waals surface area contributed by atoms with E-state index < -0.39 is 0 Å². The van der Waals surface area contributed by atoms with Crippen LogP contribution in [0.15, 0.2) is 61.1 Å². The molecular formula is C22H18FN3. The monoisotopic (exact) mass is 343 g/mol. The maximum Gasteiger partial charge on any atom is 0.126 e. The molecule has 0 aliphatic rings. The lowest BCUT2D eigenvalue weighted by molar-refractivity contribution is 0.619. The molecule has 0 atom stereocenters. The smallest absolute Gasteiger partial charge is 0.126 e. The van der Waals surface area contributed by atoms with E-state index in [-0.39, 0.29) is 5.82 Å². The summed E-state index contributed by atoms with van der Waals surface area (Å²) in [6.07, 6.45) is 6.17. The number of aromatic nitrogens is 3. The Balaban J connectivity index is 1.94. The molecule has 4 rings (SSSR count). The Kier molecular flexibility index (Phi) is 4.17. The second-order valence-corrected chi connectivity index (χ2v) is 6.32. The Morgan fingerprint density at radius 2 is 1.62 bits per heavy atom. The minimum Gasteiger partial charge on any atom is -0.255 e. The van der Waals surface area contributed by atoms with E-state index >= 15 is 0 Å². The average Bonchev–Trinajstić information content (AvgIpc) is 2.69. The van der Waals surface area contributed by atoms with Crippen LogP contribution in [0.1, 0.15) is 18.1 Å². The Morgan fingerprint density at radius 3 is 2.38 bits per heavy atom. The standard InChI is InChI=1S/C22H18FN3/c1-3-15-11-18(16-5-7-20-21(12-16)25-9-8-24-20)22(26-13-15)17-4-6-19(23)14(2)10-17/h4-13H,3H2,1-2H3. The Hall–Kier alpha value is -3.14. The number of hydrogen-bond donors (Lipinski definition) is 0. The summed E-state index contributed by atoms with van der Waals surface area (Å²) in [5.74, 6) is -0.207. The minimum atomic E-state index is -0.207. The van der Waals surface area contributed by atoms with Gasteiger partial charge in [-0.2, -0.15) is 0 Å². The highest BCUT2D eigenvalue weighted by Gasteiger charge is 2.12. The summed E-state index contributed by atoms with van der Waals surface area (Å²) in [7, 11) is 0. The Bertz CT molecular complexity index is 1110. The van der Waals surface area contributed by atoms with Gasteiger partial charge >= 0.3 is 0 Å². The molecule has 0 unspecified atom stereocenters. The van der Waals surface area contributed by atoms with Crippen LogP contribution in [0, 0.1) is 12.7 Å². The first-order valence-corrected chi connectivity index (χ1v) is 8.62. The average molecular weight is 343 g/mol. The molecule has 2 aromatic heterocycles. The van der Waals surface area contributed by atoms with Crippen molar-refractivity contribution in [1.82, 2.24) is 15.0 Å². The molecule has 3 nitrogen and oxygen atoms in total. The van der Waals surface area contributed by atoms with Crippen molar-refractivity contribution < 1.29 is 4.39 Å². The number of benzene rings is 2. The molecule has 0 saturated carbocycles. The first kappa shape index (κ1) is 16.3. The van der Waals surface area contributed by atoms with Crippen molar-refractivity contribution in [3.05, 3.63) is 78.0 Å². The first-order valence-electron chi connectivity index (χ1n) is 8.62. The van der Waals surface area contributed by atoms with Crippen LogP contribution < -0.4 is 0 Å². The lowest BCUT2D eigenvalue weighted by Gasteiger charge is -2.12. The number of fused-ring (bicyclic) bond motifs is 1.